The molecule has 2 heterocycles. The average molecular weight is 295 g/mol. The molecule has 0 aliphatic carbocycles. The van der Waals surface area contributed by atoms with Crippen molar-refractivity contribution in [1.29, 1.82) is 0 Å². The summed E-state index contributed by atoms with van der Waals surface area (Å²) in [5.74, 6) is 0. The fourth-order valence-electron chi connectivity index (χ4n) is 3.29. The molecule has 3 rings (SSSR count). The Labute approximate surface area is 120 Å². The molecule has 5 heteroatoms. The minimum atomic E-state index is -3.46. The summed E-state index contributed by atoms with van der Waals surface area (Å²) in [7, 11) is -3.46. The number of sulfonamides is 1. The van der Waals surface area contributed by atoms with Gasteiger partial charge < -0.3 is 4.74 Å². The van der Waals surface area contributed by atoms with Crippen LogP contribution in [0.4, 0.5) is 0 Å². The van der Waals surface area contributed by atoms with E-state index in [0.29, 0.717) is 11.4 Å². The molecule has 2 atom stereocenters. The maximum absolute atomic E-state index is 12.9. The van der Waals surface area contributed by atoms with Crippen LogP contribution >= 0.6 is 0 Å². The highest BCUT2D eigenvalue weighted by Gasteiger charge is 2.52. The molecule has 2 aliphatic heterocycles. The van der Waals surface area contributed by atoms with Crippen molar-refractivity contribution < 1.29 is 13.2 Å². The Kier molecular flexibility index (Phi) is 3.39. The lowest BCUT2D eigenvalue weighted by Crippen LogP contribution is -2.47. The summed E-state index contributed by atoms with van der Waals surface area (Å²) in [5.41, 5.74) is 0.467. The normalized spacial score (nSPS) is 31.2. The fourth-order valence-corrected chi connectivity index (χ4v) is 5.06. The van der Waals surface area contributed by atoms with Crippen molar-refractivity contribution in [2.75, 3.05) is 6.54 Å². The van der Waals surface area contributed by atoms with Crippen molar-refractivity contribution >= 4 is 10.0 Å². The van der Waals surface area contributed by atoms with Gasteiger partial charge in [0.1, 0.15) is 5.72 Å². The van der Waals surface area contributed by atoms with Crippen molar-refractivity contribution in [3.63, 3.8) is 0 Å². The summed E-state index contributed by atoms with van der Waals surface area (Å²) in [5, 5.41) is 0. The molecule has 1 aromatic carbocycles. The zero-order valence-corrected chi connectivity index (χ0v) is 12.8. The van der Waals surface area contributed by atoms with E-state index in [4.69, 9.17) is 4.74 Å². The monoisotopic (exact) mass is 295 g/mol. The molecule has 0 N–H and O–H groups in total. The zero-order chi connectivity index (χ0) is 14.4. The van der Waals surface area contributed by atoms with Gasteiger partial charge in [0, 0.05) is 6.54 Å². The predicted octanol–water partition coefficient (Wildman–Crippen LogP) is 2.67. The highest BCUT2D eigenvalue weighted by atomic mass is 32.2. The second-order valence-electron chi connectivity index (χ2n) is 5.91. The standard InChI is InChI=1S/C15H21NO3S/c1-12-4-6-14(7-5-12)20(17,18)16-11-3-9-15(16)10-8-13(2)19-15/h4-7,13H,3,8-11H2,1-2H3. The molecular weight excluding hydrogens is 274 g/mol. The summed E-state index contributed by atoms with van der Waals surface area (Å²) in [4.78, 5) is 0.368. The Morgan fingerprint density at radius 1 is 1.25 bits per heavy atom. The molecule has 2 fully saturated rings. The maximum atomic E-state index is 12.9. The number of nitrogens with zero attached hydrogens (tertiary/aromatic N) is 1. The molecule has 1 spiro atoms. The second kappa shape index (κ2) is 4.83. The molecule has 4 nitrogen and oxygen atoms in total. The van der Waals surface area contributed by atoms with Gasteiger partial charge in [-0.05, 0) is 51.7 Å². The van der Waals surface area contributed by atoms with E-state index in [1.54, 1.807) is 16.4 Å². The van der Waals surface area contributed by atoms with Crippen molar-refractivity contribution in [2.24, 2.45) is 0 Å². The third-order valence-electron chi connectivity index (χ3n) is 4.35. The molecule has 2 saturated heterocycles. The van der Waals surface area contributed by atoms with Crippen LogP contribution in [-0.4, -0.2) is 31.1 Å². The van der Waals surface area contributed by atoms with E-state index in [1.807, 2.05) is 26.0 Å². The smallest absolute Gasteiger partial charge is 0.245 e. The van der Waals surface area contributed by atoms with Crippen LogP contribution in [0.1, 0.15) is 38.2 Å². The van der Waals surface area contributed by atoms with E-state index in [0.717, 1.165) is 31.2 Å². The lowest BCUT2D eigenvalue weighted by molar-refractivity contribution is -0.0872. The Hall–Kier alpha value is -0.910. The Morgan fingerprint density at radius 2 is 1.95 bits per heavy atom. The van der Waals surface area contributed by atoms with Gasteiger partial charge in [-0.1, -0.05) is 17.7 Å². The summed E-state index contributed by atoms with van der Waals surface area (Å²) in [6, 6.07) is 7.06. The summed E-state index contributed by atoms with van der Waals surface area (Å²) < 4.78 is 33.3. The first-order chi connectivity index (χ1) is 9.44. The van der Waals surface area contributed by atoms with Crippen LogP contribution in [0, 0.1) is 6.92 Å². The van der Waals surface area contributed by atoms with E-state index in [-0.39, 0.29) is 6.10 Å². The van der Waals surface area contributed by atoms with Crippen LogP contribution in [0.15, 0.2) is 29.2 Å². The average Bonchev–Trinajstić information content (AvgIpc) is 2.98. The third-order valence-corrected chi connectivity index (χ3v) is 6.32. The maximum Gasteiger partial charge on any atom is 0.245 e. The largest absolute Gasteiger partial charge is 0.356 e. The molecule has 2 aliphatic rings. The SMILES string of the molecule is Cc1ccc(S(=O)(=O)N2CCCC23CCC(C)O3)cc1. The van der Waals surface area contributed by atoms with Crippen molar-refractivity contribution in [3.05, 3.63) is 29.8 Å². The van der Waals surface area contributed by atoms with E-state index >= 15 is 0 Å². The topological polar surface area (TPSA) is 46.6 Å². The number of rotatable bonds is 2. The van der Waals surface area contributed by atoms with Gasteiger partial charge in [0.05, 0.1) is 11.0 Å². The molecule has 20 heavy (non-hydrogen) atoms. The van der Waals surface area contributed by atoms with Gasteiger partial charge in [0.25, 0.3) is 0 Å². The Balaban J connectivity index is 1.96. The second-order valence-corrected chi connectivity index (χ2v) is 7.77. The quantitative estimate of drug-likeness (QED) is 0.842. The highest BCUT2D eigenvalue weighted by Crippen LogP contribution is 2.44. The van der Waals surface area contributed by atoms with Crippen molar-refractivity contribution in [3.8, 4) is 0 Å². The van der Waals surface area contributed by atoms with Gasteiger partial charge in [-0.15, -0.1) is 0 Å². The van der Waals surface area contributed by atoms with Crippen molar-refractivity contribution in [1.82, 2.24) is 4.31 Å². The number of benzene rings is 1. The van der Waals surface area contributed by atoms with Crippen LogP contribution in [0.5, 0.6) is 0 Å². The Bertz CT molecular complexity index is 596. The van der Waals surface area contributed by atoms with Gasteiger partial charge >= 0.3 is 0 Å². The number of aryl methyl sites for hydroxylation is 1. The van der Waals surface area contributed by atoms with E-state index in [9.17, 15) is 8.42 Å². The molecule has 110 valence electrons. The molecule has 1 aromatic rings. The van der Waals surface area contributed by atoms with Gasteiger partial charge in [-0.25, -0.2) is 8.42 Å². The summed E-state index contributed by atoms with van der Waals surface area (Å²) in [6.45, 7) is 4.53. The minimum Gasteiger partial charge on any atom is -0.356 e. The number of ether oxygens (including phenoxy) is 1. The molecule has 0 saturated carbocycles. The van der Waals surface area contributed by atoms with E-state index in [2.05, 4.69) is 0 Å². The molecule has 2 unspecified atom stereocenters. The van der Waals surface area contributed by atoms with E-state index in [1.165, 1.54) is 0 Å². The highest BCUT2D eigenvalue weighted by molar-refractivity contribution is 7.89. The lowest BCUT2D eigenvalue weighted by Gasteiger charge is -2.33. The van der Waals surface area contributed by atoms with Gasteiger partial charge in [-0.2, -0.15) is 4.31 Å². The molecule has 0 amide bonds. The van der Waals surface area contributed by atoms with Gasteiger partial charge in [0.15, 0.2) is 0 Å². The van der Waals surface area contributed by atoms with Gasteiger partial charge in [0.2, 0.25) is 10.0 Å². The molecular formula is C15H21NO3S. The van der Waals surface area contributed by atoms with Gasteiger partial charge in [-0.3, -0.25) is 0 Å². The fraction of sp³-hybridized carbons (Fsp3) is 0.600. The summed E-state index contributed by atoms with van der Waals surface area (Å²) >= 11 is 0. The van der Waals surface area contributed by atoms with Crippen LogP contribution in [-0.2, 0) is 14.8 Å². The van der Waals surface area contributed by atoms with Crippen LogP contribution in [0.3, 0.4) is 0 Å². The van der Waals surface area contributed by atoms with Crippen LogP contribution in [0.25, 0.3) is 0 Å². The summed E-state index contributed by atoms with van der Waals surface area (Å²) in [6.07, 6.45) is 3.56. The third kappa shape index (κ3) is 2.18. The Morgan fingerprint density at radius 3 is 2.55 bits per heavy atom. The zero-order valence-electron chi connectivity index (χ0n) is 12.0. The predicted molar refractivity (Wildman–Crippen MR) is 76.8 cm³/mol. The number of hydrogen-bond acceptors (Lipinski definition) is 3. The first kappa shape index (κ1) is 14.0. The first-order valence-corrected chi connectivity index (χ1v) is 8.65. The van der Waals surface area contributed by atoms with E-state index < -0.39 is 15.7 Å². The first-order valence-electron chi connectivity index (χ1n) is 7.21. The van der Waals surface area contributed by atoms with Crippen molar-refractivity contribution in [2.45, 2.75) is 56.3 Å². The lowest BCUT2D eigenvalue weighted by atomic mass is 10.1. The molecule has 0 radical (unpaired) electrons. The number of hydrogen-bond donors (Lipinski definition) is 0. The molecule has 0 bridgehead atoms. The van der Waals surface area contributed by atoms with Crippen LogP contribution < -0.4 is 0 Å². The van der Waals surface area contributed by atoms with Crippen LogP contribution in [0.2, 0.25) is 0 Å². The minimum absolute atomic E-state index is 0.142. The molecule has 0 aromatic heterocycles.